The van der Waals surface area contributed by atoms with Crippen LogP contribution in [-0.2, 0) is 4.57 Å². The van der Waals surface area contributed by atoms with E-state index in [-0.39, 0.29) is 0 Å². The van der Waals surface area contributed by atoms with Crippen molar-refractivity contribution in [3.05, 3.63) is 22.7 Å². The second-order valence-corrected chi connectivity index (χ2v) is 7.10. The van der Waals surface area contributed by atoms with Crippen LogP contribution in [0.15, 0.2) is 22.7 Å². The van der Waals surface area contributed by atoms with Crippen LogP contribution in [0.2, 0.25) is 0 Å². The predicted octanol–water partition coefficient (Wildman–Crippen LogP) is 2.28. The number of halogens is 1. The van der Waals surface area contributed by atoms with Crippen molar-refractivity contribution in [2.75, 3.05) is 19.1 Å². The first-order chi connectivity index (χ1) is 5.41. The molecule has 0 aromatic heterocycles. The first-order valence-electron chi connectivity index (χ1n) is 3.52. The maximum atomic E-state index is 11.7. The zero-order valence-corrected chi connectivity index (χ0v) is 9.52. The monoisotopic (exact) mass is 247 g/mol. The number of benzene rings is 1. The summed E-state index contributed by atoms with van der Waals surface area (Å²) in [6.45, 7) is 3.46. The maximum absolute atomic E-state index is 11.7. The Bertz CT molecular complexity index is 345. The van der Waals surface area contributed by atoms with E-state index in [1.54, 1.807) is 25.5 Å². The molecule has 0 fully saturated rings. The normalized spacial score (nSPS) is 11.6. The molecule has 2 nitrogen and oxygen atoms in total. The molecule has 1 aromatic carbocycles. The lowest BCUT2D eigenvalue weighted by atomic mass is 10.3. The summed E-state index contributed by atoms with van der Waals surface area (Å²) in [7, 11) is -2.21. The van der Waals surface area contributed by atoms with Crippen LogP contribution in [0, 0.1) is 0 Å². The molecular formula is C8H11BrNOP. The third kappa shape index (κ3) is 2.11. The second-order valence-electron chi connectivity index (χ2n) is 3.06. The van der Waals surface area contributed by atoms with Gasteiger partial charge in [0.25, 0.3) is 0 Å². The average Bonchev–Trinajstić information content (AvgIpc) is 1.92. The fraction of sp³-hybridized carbons (Fsp3) is 0.250. The largest absolute Gasteiger partial charge is 0.399 e. The van der Waals surface area contributed by atoms with Crippen LogP contribution in [0.3, 0.4) is 0 Å². The lowest BCUT2D eigenvalue weighted by Gasteiger charge is -2.09. The van der Waals surface area contributed by atoms with Gasteiger partial charge in [-0.1, -0.05) is 15.9 Å². The SMILES string of the molecule is CP(C)(=O)c1cc(N)ccc1Br. The third-order valence-electron chi connectivity index (χ3n) is 1.55. The van der Waals surface area contributed by atoms with E-state index in [0.29, 0.717) is 5.69 Å². The molecule has 1 rings (SSSR count). The zero-order chi connectivity index (χ0) is 9.35. The molecular weight excluding hydrogens is 237 g/mol. The molecule has 0 spiro atoms. The Morgan fingerprint density at radius 1 is 1.42 bits per heavy atom. The van der Waals surface area contributed by atoms with Crippen molar-refractivity contribution in [2.24, 2.45) is 0 Å². The molecule has 0 unspecified atom stereocenters. The van der Waals surface area contributed by atoms with Gasteiger partial charge >= 0.3 is 0 Å². The van der Waals surface area contributed by atoms with Crippen molar-refractivity contribution >= 4 is 34.1 Å². The van der Waals surface area contributed by atoms with Gasteiger partial charge in [-0.15, -0.1) is 0 Å². The number of hydrogen-bond acceptors (Lipinski definition) is 2. The summed E-state index contributed by atoms with van der Waals surface area (Å²) in [5.41, 5.74) is 6.23. The minimum atomic E-state index is -2.21. The van der Waals surface area contributed by atoms with Crippen molar-refractivity contribution in [1.29, 1.82) is 0 Å². The summed E-state index contributed by atoms with van der Waals surface area (Å²) in [4.78, 5) is 0. The van der Waals surface area contributed by atoms with E-state index in [1.165, 1.54) is 0 Å². The molecule has 0 saturated heterocycles. The summed E-state index contributed by atoms with van der Waals surface area (Å²) < 4.78 is 12.6. The van der Waals surface area contributed by atoms with E-state index in [0.717, 1.165) is 9.78 Å². The molecule has 66 valence electrons. The van der Waals surface area contributed by atoms with Crippen LogP contribution in [0.25, 0.3) is 0 Å². The van der Waals surface area contributed by atoms with Crippen molar-refractivity contribution in [1.82, 2.24) is 0 Å². The van der Waals surface area contributed by atoms with E-state index in [4.69, 9.17) is 5.73 Å². The first-order valence-corrected chi connectivity index (χ1v) is 6.91. The van der Waals surface area contributed by atoms with Gasteiger partial charge in [0.2, 0.25) is 0 Å². The summed E-state index contributed by atoms with van der Waals surface area (Å²) >= 11 is 3.34. The lowest BCUT2D eigenvalue weighted by Crippen LogP contribution is -2.06. The smallest absolute Gasteiger partial charge is 0.111 e. The highest BCUT2D eigenvalue weighted by atomic mass is 79.9. The van der Waals surface area contributed by atoms with Crippen molar-refractivity contribution in [2.45, 2.75) is 0 Å². The Kier molecular flexibility index (Phi) is 2.64. The highest BCUT2D eigenvalue weighted by Gasteiger charge is 2.14. The molecule has 0 radical (unpaired) electrons. The summed E-state index contributed by atoms with van der Waals surface area (Å²) in [6.07, 6.45) is 0. The number of hydrogen-bond donors (Lipinski definition) is 1. The van der Waals surface area contributed by atoms with E-state index in [1.807, 2.05) is 6.07 Å². The van der Waals surface area contributed by atoms with E-state index >= 15 is 0 Å². The van der Waals surface area contributed by atoms with Gasteiger partial charge in [0.15, 0.2) is 0 Å². The van der Waals surface area contributed by atoms with Gasteiger partial charge < -0.3 is 10.3 Å². The number of nitrogens with two attached hydrogens (primary N) is 1. The molecule has 12 heavy (non-hydrogen) atoms. The van der Waals surface area contributed by atoms with Crippen LogP contribution in [0.5, 0.6) is 0 Å². The van der Waals surface area contributed by atoms with Gasteiger partial charge in [0.1, 0.15) is 7.14 Å². The first kappa shape index (κ1) is 9.82. The van der Waals surface area contributed by atoms with Gasteiger partial charge in [-0.2, -0.15) is 0 Å². The second kappa shape index (κ2) is 3.23. The Morgan fingerprint density at radius 2 is 2.00 bits per heavy atom. The van der Waals surface area contributed by atoms with Gasteiger partial charge in [0.05, 0.1) is 0 Å². The molecule has 0 heterocycles. The summed E-state index contributed by atoms with van der Waals surface area (Å²) in [6, 6.07) is 5.36. The van der Waals surface area contributed by atoms with Crippen LogP contribution in [0.1, 0.15) is 0 Å². The number of anilines is 1. The predicted molar refractivity (Wildman–Crippen MR) is 57.6 cm³/mol. The van der Waals surface area contributed by atoms with Crippen molar-refractivity contribution < 1.29 is 4.57 Å². The van der Waals surface area contributed by atoms with Gasteiger partial charge in [-0.3, -0.25) is 0 Å². The van der Waals surface area contributed by atoms with E-state index in [9.17, 15) is 4.57 Å². The van der Waals surface area contributed by atoms with E-state index in [2.05, 4.69) is 15.9 Å². The molecule has 0 aliphatic heterocycles. The molecule has 0 bridgehead atoms. The zero-order valence-electron chi connectivity index (χ0n) is 7.04. The molecule has 2 N–H and O–H groups in total. The topological polar surface area (TPSA) is 43.1 Å². The van der Waals surface area contributed by atoms with Crippen molar-refractivity contribution in [3.8, 4) is 0 Å². The fourth-order valence-corrected chi connectivity index (χ4v) is 3.52. The molecule has 0 amide bonds. The highest BCUT2D eigenvalue weighted by molar-refractivity contribution is 9.10. The Hall–Kier alpha value is -0.270. The minimum Gasteiger partial charge on any atom is -0.399 e. The van der Waals surface area contributed by atoms with Crippen molar-refractivity contribution in [3.63, 3.8) is 0 Å². The average molecular weight is 248 g/mol. The Morgan fingerprint density at radius 3 is 2.42 bits per heavy atom. The summed E-state index contributed by atoms with van der Waals surface area (Å²) in [5, 5.41) is 0.808. The quantitative estimate of drug-likeness (QED) is 0.612. The summed E-state index contributed by atoms with van der Waals surface area (Å²) in [5.74, 6) is 0. The Labute approximate surface area is 80.7 Å². The number of rotatable bonds is 1. The molecule has 1 aromatic rings. The minimum absolute atomic E-state index is 0.650. The molecule has 0 aliphatic carbocycles. The molecule has 4 heteroatoms. The molecule has 0 saturated carbocycles. The van der Waals surface area contributed by atoms with Gasteiger partial charge in [-0.05, 0) is 31.5 Å². The molecule has 0 aliphatic rings. The Balaban J connectivity index is 3.33. The highest BCUT2D eigenvalue weighted by Crippen LogP contribution is 2.38. The van der Waals surface area contributed by atoms with Crippen LogP contribution in [0.4, 0.5) is 5.69 Å². The van der Waals surface area contributed by atoms with E-state index < -0.39 is 7.14 Å². The van der Waals surface area contributed by atoms with Crippen LogP contribution >= 0.6 is 23.1 Å². The van der Waals surface area contributed by atoms with Crippen LogP contribution in [-0.4, -0.2) is 13.3 Å². The lowest BCUT2D eigenvalue weighted by molar-refractivity contribution is 0.588. The van der Waals surface area contributed by atoms with Gasteiger partial charge in [0, 0.05) is 15.5 Å². The number of nitrogen functional groups attached to an aromatic ring is 1. The molecule has 0 atom stereocenters. The van der Waals surface area contributed by atoms with Gasteiger partial charge in [-0.25, -0.2) is 0 Å². The standard InChI is InChI=1S/C8H11BrNOP/c1-12(2,11)8-5-6(10)3-4-7(8)9/h3-5H,10H2,1-2H3. The third-order valence-corrected chi connectivity index (χ3v) is 4.08. The maximum Gasteiger partial charge on any atom is 0.111 e. The fourth-order valence-electron chi connectivity index (χ4n) is 0.942. The van der Waals surface area contributed by atoms with Crippen LogP contribution < -0.4 is 11.0 Å².